The van der Waals surface area contributed by atoms with Gasteiger partial charge in [0.25, 0.3) is 11.9 Å². The number of aromatic nitrogens is 6. The van der Waals surface area contributed by atoms with E-state index >= 15 is 0 Å². The van der Waals surface area contributed by atoms with Gasteiger partial charge in [-0.3, -0.25) is 9.89 Å². The first-order valence-corrected chi connectivity index (χ1v) is 7.91. The number of aromatic amines is 1. The molecular formula is C14H21F3N8O. The van der Waals surface area contributed by atoms with Gasteiger partial charge in [0.1, 0.15) is 5.82 Å². The van der Waals surface area contributed by atoms with Crippen LogP contribution >= 0.6 is 0 Å². The molecule has 0 aliphatic heterocycles. The number of carbonyl (C=O) groups excluding carboxylic acids is 1. The number of H-pyrrole nitrogens is 1. The number of nitrogens with zero attached hydrogens (tertiary/aromatic N) is 5. The fourth-order valence-electron chi connectivity index (χ4n) is 2.57. The lowest BCUT2D eigenvalue weighted by Gasteiger charge is -2.30. The molecule has 0 bridgehead atoms. The van der Waals surface area contributed by atoms with Crippen LogP contribution in [0.25, 0.3) is 5.95 Å². The molecule has 0 aliphatic carbocycles. The Morgan fingerprint density at radius 2 is 2.00 bits per heavy atom. The van der Waals surface area contributed by atoms with Crippen molar-refractivity contribution in [3.8, 4) is 5.95 Å². The fourth-order valence-corrected chi connectivity index (χ4v) is 2.57. The maximum atomic E-state index is 12.6. The monoisotopic (exact) mass is 374 g/mol. The third kappa shape index (κ3) is 4.36. The second-order valence-corrected chi connectivity index (χ2v) is 6.69. The first kappa shape index (κ1) is 19.8. The van der Waals surface area contributed by atoms with Crippen LogP contribution in [0.5, 0.6) is 0 Å². The van der Waals surface area contributed by atoms with Gasteiger partial charge < -0.3 is 11.1 Å². The summed E-state index contributed by atoms with van der Waals surface area (Å²) in [6.07, 6.45) is -4.02. The van der Waals surface area contributed by atoms with E-state index < -0.39 is 23.4 Å². The van der Waals surface area contributed by atoms with Crippen molar-refractivity contribution < 1.29 is 18.0 Å². The Balaban J connectivity index is 2.24. The lowest BCUT2D eigenvalue weighted by molar-refractivity contribution is -0.144. The van der Waals surface area contributed by atoms with Crippen LogP contribution in [0.2, 0.25) is 0 Å². The number of rotatable bonds is 6. The van der Waals surface area contributed by atoms with Gasteiger partial charge in [0, 0.05) is 6.54 Å². The van der Waals surface area contributed by atoms with Crippen molar-refractivity contribution in [2.24, 2.45) is 11.7 Å². The largest absolute Gasteiger partial charge is 0.451 e. The van der Waals surface area contributed by atoms with Gasteiger partial charge in [-0.1, -0.05) is 13.8 Å². The van der Waals surface area contributed by atoms with Crippen molar-refractivity contribution in [3.63, 3.8) is 0 Å². The zero-order valence-electron chi connectivity index (χ0n) is 14.8. The van der Waals surface area contributed by atoms with Gasteiger partial charge in [0.15, 0.2) is 0 Å². The van der Waals surface area contributed by atoms with Gasteiger partial charge in [0.05, 0.1) is 5.54 Å². The van der Waals surface area contributed by atoms with Crippen molar-refractivity contribution >= 4 is 5.91 Å². The van der Waals surface area contributed by atoms with Crippen LogP contribution in [0.3, 0.4) is 0 Å². The molecule has 4 N–H and O–H groups in total. The number of nitrogens with one attached hydrogen (secondary N) is 2. The number of carbonyl (C=O) groups is 1. The van der Waals surface area contributed by atoms with Crippen molar-refractivity contribution in [2.45, 2.75) is 45.8 Å². The Bertz CT molecular complexity index is 781. The highest BCUT2D eigenvalue weighted by Gasteiger charge is 2.36. The van der Waals surface area contributed by atoms with Gasteiger partial charge in [-0.2, -0.15) is 22.8 Å². The molecule has 26 heavy (non-hydrogen) atoms. The topological polar surface area (TPSA) is 127 Å². The second kappa shape index (κ2) is 7.02. The molecule has 2 heterocycles. The fraction of sp³-hybridized carbons (Fsp3) is 0.643. The zero-order chi connectivity index (χ0) is 19.7. The van der Waals surface area contributed by atoms with E-state index in [1.54, 1.807) is 12.0 Å². The molecular weight excluding hydrogens is 353 g/mol. The number of halogens is 3. The van der Waals surface area contributed by atoms with E-state index in [0.29, 0.717) is 12.3 Å². The van der Waals surface area contributed by atoms with Gasteiger partial charge in [-0.25, -0.2) is 4.98 Å². The number of hydrogen-bond donors (Lipinski definition) is 3. The standard InChI is InChI=1S/C14H21F3N8O/c1-7(2)5-13(4,6-18)21-10(26)9-19-8(3)25(24-9)12-20-11(22-23-12)14(15,16)17/h7H,5-6,18H2,1-4H3,(H,21,26)(H,20,22,23). The predicted octanol–water partition coefficient (Wildman–Crippen LogP) is 1.21. The van der Waals surface area contributed by atoms with Crippen molar-refractivity contribution in [2.75, 3.05) is 6.54 Å². The molecule has 0 fully saturated rings. The number of alkyl halides is 3. The third-order valence-electron chi connectivity index (χ3n) is 3.63. The number of amides is 1. The highest BCUT2D eigenvalue weighted by molar-refractivity contribution is 5.91. The minimum atomic E-state index is -4.67. The van der Waals surface area contributed by atoms with E-state index in [2.05, 4.69) is 25.5 Å². The zero-order valence-corrected chi connectivity index (χ0v) is 14.8. The minimum Gasteiger partial charge on any atom is -0.343 e. The molecule has 0 aliphatic rings. The normalized spacial score (nSPS) is 14.5. The van der Waals surface area contributed by atoms with Crippen LogP contribution in [0.1, 0.15) is 49.5 Å². The van der Waals surface area contributed by atoms with Gasteiger partial charge in [0.2, 0.25) is 11.6 Å². The van der Waals surface area contributed by atoms with Crippen LogP contribution in [-0.4, -0.2) is 47.9 Å². The highest BCUT2D eigenvalue weighted by Crippen LogP contribution is 2.26. The van der Waals surface area contributed by atoms with Crippen LogP contribution in [-0.2, 0) is 6.18 Å². The molecule has 12 heteroatoms. The average Bonchev–Trinajstić information content (AvgIpc) is 3.12. The number of hydrogen-bond acceptors (Lipinski definition) is 6. The molecule has 2 aromatic rings. The minimum absolute atomic E-state index is 0.168. The molecule has 0 saturated carbocycles. The Morgan fingerprint density at radius 3 is 2.50 bits per heavy atom. The first-order chi connectivity index (χ1) is 11.9. The molecule has 1 unspecified atom stereocenters. The van der Waals surface area contributed by atoms with Crippen LogP contribution in [0.4, 0.5) is 13.2 Å². The van der Waals surface area contributed by atoms with E-state index in [4.69, 9.17) is 5.73 Å². The SMILES string of the molecule is Cc1nc(C(=O)NC(C)(CN)CC(C)C)nn1-c1n[nH]c(C(F)(F)F)n1. The van der Waals surface area contributed by atoms with Crippen LogP contribution in [0, 0.1) is 12.8 Å². The van der Waals surface area contributed by atoms with E-state index in [1.807, 2.05) is 13.8 Å². The quantitative estimate of drug-likeness (QED) is 0.697. The molecule has 2 rings (SSSR count). The Kier molecular flexibility index (Phi) is 5.35. The second-order valence-electron chi connectivity index (χ2n) is 6.69. The molecule has 1 atom stereocenters. The average molecular weight is 374 g/mol. The molecule has 0 spiro atoms. The maximum absolute atomic E-state index is 12.6. The summed E-state index contributed by atoms with van der Waals surface area (Å²) in [5, 5.41) is 12.0. The lowest BCUT2D eigenvalue weighted by Crippen LogP contribution is -2.52. The molecule has 9 nitrogen and oxygen atoms in total. The molecule has 144 valence electrons. The predicted molar refractivity (Wildman–Crippen MR) is 85.4 cm³/mol. The summed E-state index contributed by atoms with van der Waals surface area (Å²) >= 11 is 0. The van der Waals surface area contributed by atoms with Gasteiger partial charge >= 0.3 is 6.18 Å². The molecule has 1 amide bonds. The van der Waals surface area contributed by atoms with Crippen LogP contribution in [0.15, 0.2) is 0 Å². The summed E-state index contributed by atoms with van der Waals surface area (Å²) in [5.41, 5.74) is 5.11. The summed E-state index contributed by atoms with van der Waals surface area (Å²) < 4.78 is 38.8. The van der Waals surface area contributed by atoms with E-state index in [-0.39, 0.29) is 24.1 Å². The molecule has 0 radical (unpaired) electrons. The van der Waals surface area contributed by atoms with Crippen molar-refractivity contribution in [1.82, 2.24) is 35.3 Å². The van der Waals surface area contributed by atoms with E-state index in [1.165, 1.54) is 6.92 Å². The molecule has 2 aromatic heterocycles. The van der Waals surface area contributed by atoms with Gasteiger partial charge in [-0.05, 0) is 26.2 Å². The maximum Gasteiger partial charge on any atom is 0.451 e. The molecule has 0 aromatic carbocycles. The summed E-state index contributed by atoms with van der Waals surface area (Å²) in [5.74, 6) is -1.94. The number of aryl methyl sites for hydroxylation is 1. The summed E-state index contributed by atoms with van der Waals surface area (Å²) in [7, 11) is 0. The van der Waals surface area contributed by atoms with Gasteiger partial charge in [-0.15, -0.1) is 10.2 Å². The lowest BCUT2D eigenvalue weighted by atomic mass is 9.90. The number of nitrogens with two attached hydrogens (primary N) is 1. The smallest absolute Gasteiger partial charge is 0.343 e. The highest BCUT2D eigenvalue weighted by atomic mass is 19.4. The van der Waals surface area contributed by atoms with Crippen LogP contribution < -0.4 is 11.1 Å². The summed E-state index contributed by atoms with van der Waals surface area (Å²) in [6, 6.07) is 0. The third-order valence-corrected chi connectivity index (χ3v) is 3.63. The Labute approximate surface area is 147 Å². The van der Waals surface area contributed by atoms with E-state index in [0.717, 1.165) is 4.68 Å². The Morgan fingerprint density at radius 1 is 1.35 bits per heavy atom. The summed E-state index contributed by atoms with van der Waals surface area (Å²) in [6.45, 7) is 7.49. The van der Waals surface area contributed by atoms with E-state index in [9.17, 15) is 18.0 Å². The van der Waals surface area contributed by atoms with Crippen molar-refractivity contribution in [1.29, 1.82) is 0 Å². The molecule has 0 saturated heterocycles. The first-order valence-electron chi connectivity index (χ1n) is 7.91. The van der Waals surface area contributed by atoms with Crippen molar-refractivity contribution in [3.05, 3.63) is 17.5 Å². The summed E-state index contributed by atoms with van der Waals surface area (Å²) in [4.78, 5) is 19.7. The Hall–Kier alpha value is -2.50.